The van der Waals surface area contributed by atoms with Gasteiger partial charge < -0.3 is 5.11 Å². The number of hydrogen-bond donors (Lipinski definition) is 1. The highest BCUT2D eigenvalue weighted by atomic mass is 32.2. The van der Waals surface area contributed by atoms with E-state index in [1.54, 1.807) is 12.1 Å². The van der Waals surface area contributed by atoms with Crippen molar-refractivity contribution in [3.8, 4) is 0 Å². The number of aliphatic hydroxyl groups is 1. The Bertz CT molecular complexity index is 374. The monoisotopic (exact) mass is 255 g/mol. The predicted octanol–water partition coefficient (Wildman–Crippen LogP) is 3.24. The first kappa shape index (κ1) is 14.0. The van der Waals surface area contributed by atoms with Crippen molar-refractivity contribution in [3.05, 3.63) is 34.4 Å². The van der Waals surface area contributed by atoms with Crippen LogP contribution < -0.4 is 0 Å². The summed E-state index contributed by atoms with van der Waals surface area (Å²) in [6, 6.07) is 6.40. The van der Waals surface area contributed by atoms with Crippen molar-refractivity contribution in [2.45, 2.75) is 37.2 Å². The standard InChI is InChI=1S/C12H17NO3S/c1-3-12(14,4-2)9-17-11-7-5-10(6-8-11)13(15)16/h5-8,14H,3-4,9H2,1-2H3. The first-order valence-corrected chi connectivity index (χ1v) is 6.59. The minimum absolute atomic E-state index is 0.0931. The summed E-state index contributed by atoms with van der Waals surface area (Å²) < 4.78 is 0. The second-order valence-electron chi connectivity index (χ2n) is 3.97. The Hall–Kier alpha value is -1.07. The minimum Gasteiger partial charge on any atom is -0.389 e. The number of benzene rings is 1. The van der Waals surface area contributed by atoms with Gasteiger partial charge in [-0.05, 0) is 25.0 Å². The van der Waals surface area contributed by atoms with Crippen molar-refractivity contribution in [1.29, 1.82) is 0 Å². The number of hydrogen-bond acceptors (Lipinski definition) is 4. The van der Waals surface area contributed by atoms with E-state index >= 15 is 0 Å². The summed E-state index contributed by atoms with van der Waals surface area (Å²) in [5.74, 6) is 0.609. The number of non-ortho nitro benzene ring substituents is 1. The first-order valence-electron chi connectivity index (χ1n) is 5.60. The lowest BCUT2D eigenvalue weighted by Crippen LogP contribution is -2.29. The molecule has 94 valence electrons. The molecule has 0 aliphatic heterocycles. The SMILES string of the molecule is CCC(O)(CC)CSc1ccc([N+](=O)[O-])cc1. The van der Waals surface area contributed by atoms with Crippen LogP contribution in [0.5, 0.6) is 0 Å². The molecule has 0 unspecified atom stereocenters. The molecule has 0 atom stereocenters. The second kappa shape index (κ2) is 6.02. The quantitative estimate of drug-likeness (QED) is 0.481. The van der Waals surface area contributed by atoms with E-state index in [1.165, 1.54) is 23.9 Å². The van der Waals surface area contributed by atoms with Crippen LogP contribution in [0, 0.1) is 10.1 Å². The van der Waals surface area contributed by atoms with Gasteiger partial charge in [-0.3, -0.25) is 10.1 Å². The van der Waals surface area contributed by atoms with Gasteiger partial charge in [0.25, 0.3) is 5.69 Å². The number of rotatable bonds is 6. The molecule has 1 aromatic carbocycles. The maximum atomic E-state index is 10.5. The fourth-order valence-corrected chi connectivity index (χ4v) is 2.51. The molecule has 0 bridgehead atoms. The van der Waals surface area contributed by atoms with Crippen molar-refractivity contribution in [2.75, 3.05) is 5.75 Å². The molecule has 0 fully saturated rings. The molecule has 17 heavy (non-hydrogen) atoms. The highest BCUT2D eigenvalue weighted by Gasteiger charge is 2.22. The van der Waals surface area contributed by atoms with Crippen LogP contribution in [-0.4, -0.2) is 21.4 Å². The van der Waals surface area contributed by atoms with Gasteiger partial charge in [0.1, 0.15) is 0 Å². The van der Waals surface area contributed by atoms with Crippen LogP contribution >= 0.6 is 11.8 Å². The van der Waals surface area contributed by atoms with Crippen LogP contribution in [0.25, 0.3) is 0 Å². The normalized spacial score (nSPS) is 11.5. The van der Waals surface area contributed by atoms with E-state index in [9.17, 15) is 15.2 Å². The lowest BCUT2D eigenvalue weighted by Gasteiger charge is -2.24. The number of nitrogens with zero attached hydrogens (tertiary/aromatic N) is 1. The zero-order chi connectivity index (χ0) is 12.9. The molecule has 0 amide bonds. The molecule has 1 N–H and O–H groups in total. The third-order valence-electron chi connectivity index (χ3n) is 2.87. The molecular formula is C12H17NO3S. The van der Waals surface area contributed by atoms with Crippen LogP contribution in [0.2, 0.25) is 0 Å². The molecule has 0 heterocycles. The van der Waals surface area contributed by atoms with Gasteiger partial charge in [-0.2, -0.15) is 0 Å². The van der Waals surface area contributed by atoms with Gasteiger partial charge in [0, 0.05) is 22.8 Å². The average Bonchev–Trinajstić information content (AvgIpc) is 2.36. The van der Waals surface area contributed by atoms with Crippen LogP contribution in [0.1, 0.15) is 26.7 Å². The fraction of sp³-hybridized carbons (Fsp3) is 0.500. The van der Waals surface area contributed by atoms with Gasteiger partial charge in [0.05, 0.1) is 10.5 Å². The van der Waals surface area contributed by atoms with E-state index < -0.39 is 10.5 Å². The molecule has 0 saturated carbocycles. The van der Waals surface area contributed by atoms with Crippen molar-refractivity contribution in [1.82, 2.24) is 0 Å². The third kappa shape index (κ3) is 4.02. The molecule has 1 rings (SSSR count). The smallest absolute Gasteiger partial charge is 0.269 e. The topological polar surface area (TPSA) is 63.4 Å². The molecule has 0 saturated heterocycles. The van der Waals surface area contributed by atoms with E-state index in [2.05, 4.69) is 0 Å². The van der Waals surface area contributed by atoms with Crippen LogP contribution in [0.4, 0.5) is 5.69 Å². The largest absolute Gasteiger partial charge is 0.389 e. The second-order valence-corrected chi connectivity index (χ2v) is 5.02. The number of nitro benzene ring substituents is 1. The molecule has 5 heteroatoms. The highest BCUT2D eigenvalue weighted by molar-refractivity contribution is 7.99. The van der Waals surface area contributed by atoms with E-state index in [-0.39, 0.29) is 5.69 Å². The fourth-order valence-electron chi connectivity index (χ4n) is 1.34. The highest BCUT2D eigenvalue weighted by Crippen LogP contribution is 2.27. The maximum Gasteiger partial charge on any atom is 0.269 e. The van der Waals surface area contributed by atoms with Gasteiger partial charge in [-0.1, -0.05) is 13.8 Å². The summed E-state index contributed by atoms with van der Waals surface area (Å²) in [5, 5.41) is 20.6. The Morgan fingerprint density at radius 2 is 1.82 bits per heavy atom. The van der Waals surface area contributed by atoms with Crippen LogP contribution in [0.3, 0.4) is 0 Å². The van der Waals surface area contributed by atoms with Crippen LogP contribution in [0.15, 0.2) is 29.2 Å². The summed E-state index contributed by atoms with van der Waals surface area (Å²) in [6.07, 6.45) is 1.42. The van der Waals surface area contributed by atoms with Crippen LogP contribution in [-0.2, 0) is 0 Å². The first-order chi connectivity index (χ1) is 8.00. The van der Waals surface area contributed by atoms with Gasteiger partial charge >= 0.3 is 0 Å². The maximum absolute atomic E-state index is 10.5. The van der Waals surface area contributed by atoms with E-state index in [4.69, 9.17) is 0 Å². The van der Waals surface area contributed by atoms with Crippen molar-refractivity contribution in [3.63, 3.8) is 0 Å². The van der Waals surface area contributed by atoms with Gasteiger partial charge in [0.15, 0.2) is 0 Å². The van der Waals surface area contributed by atoms with Gasteiger partial charge in [-0.25, -0.2) is 0 Å². The molecule has 0 aliphatic rings. The summed E-state index contributed by atoms with van der Waals surface area (Å²) in [6.45, 7) is 3.92. The molecule has 1 aromatic rings. The molecule has 0 aromatic heterocycles. The Morgan fingerprint density at radius 3 is 2.24 bits per heavy atom. The van der Waals surface area contributed by atoms with Crippen molar-refractivity contribution >= 4 is 17.4 Å². The Kier molecular flexibility index (Phi) is 4.96. The van der Waals surface area contributed by atoms with Gasteiger partial charge in [-0.15, -0.1) is 11.8 Å². The summed E-state index contributed by atoms with van der Waals surface area (Å²) >= 11 is 1.52. The van der Waals surface area contributed by atoms with Gasteiger partial charge in [0.2, 0.25) is 0 Å². The minimum atomic E-state index is -0.646. The summed E-state index contributed by atoms with van der Waals surface area (Å²) in [4.78, 5) is 11.0. The van der Waals surface area contributed by atoms with E-state index in [0.717, 1.165) is 4.90 Å². The summed E-state index contributed by atoms with van der Waals surface area (Å²) in [5.41, 5.74) is -0.553. The van der Waals surface area contributed by atoms with E-state index in [0.29, 0.717) is 18.6 Å². The Balaban J connectivity index is 2.61. The number of nitro groups is 1. The Morgan fingerprint density at radius 1 is 1.29 bits per heavy atom. The van der Waals surface area contributed by atoms with Crippen molar-refractivity contribution < 1.29 is 10.0 Å². The molecule has 4 nitrogen and oxygen atoms in total. The zero-order valence-corrected chi connectivity index (χ0v) is 10.9. The number of thioether (sulfide) groups is 1. The molecule has 0 spiro atoms. The molecule has 0 aliphatic carbocycles. The average molecular weight is 255 g/mol. The molecule has 0 radical (unpaired) electrons. The zero-order valence-electron chi connectivity index (χ0n) is 10.0. The molecular weight excluding hydrogens is 238 g/mol. The Labute approximate surface area is 105 Å². The lowest BCUT2D eigenvalue weighted by molar-refractivity contribution is -0.384. The third-order valence-corrected chi connectivity index (χ3v) is 4.16. The van der Waals surface area contributed by atoms with Crippen molar-refractivity contribution in [2.24, 2.45) is 0 Å². The van der Waals surface area contributed by atoms with E-state index in [1.807, 2.05) is 13.8 Å². The lowest BCUT2D eigenvalue weighted by atomic mass is 10.0. The predicted molar refractivity (Wildman–Crippen MR) is 69.4 cm³/mol. The summed E-state index contributed by atoms with van der Waals surface area (Å²) in [7, 11) is 0.